The van der Waals surface area contributed by atoms with Crippen molar-refractivity contribution in [3.8, 4) is 0 Å². The molecule has 9 heteroatoms. The van der Waals surface area contributed by atoms with E-state index in [2.05, 4.69) is 5.32 Å². The van der Waals surface area contributed by atoms with E-state index in [9.17, 15) is 18.0 Å². The highest BCUT2D eigenvalue weighted by atomic mass is 32.2. The van der Waals surface area contributed by atoms with Crippen LogP contribution in [0.5, 0.6) is 0 Å². The largest absolute Gasteiger partial charge is 0.387 e. The van der Waals surface area contributed by atoms with Crippen LogP contribution in [0, 0.1) is 0 Å². The van der Waals surface area contributed by atoms with Gasteiger partial charge in [-0.1, -0.05) is 30.3 Å². The highest BCUT2D eigenvalue weighted by molar-refractivity contribution is 7.85. The number of hydrogen-bond donors (Lipinski definition) is 4. The number of benzene rings is 1. The molecule has 0 fully saturated rings. The predicted octanol–water partition coefficient (Wildman–Crippen LogP) is -1.20. The molecule has 1 rings (SSSR count). The van der Waals surface area contributed by atoms with Crippen molar-refractivity contribution in [2.24, 2.45) is 0 Å². The van der Waals surface area contributed by atoms with Crippen LogP contribution in [0.2, 0.25) is 0 Å². The van der Waals surface area contributed by atoms with Crippen LogP contribution in [0.25, 0.3) is 0 Å². The molecule has 1 unspecified atom stereocenters. The van der Waals surface area contributed by atoms with Gasteiger partial charge in [0.2, 0.25) is 11.8 Å². The molecule has 110 valence electrons. The monoisotopic (exact) mass is 302 g/mol. The predicted molar refractivity (Wildman–Crippen MR) is 69.0 cm³/mol. The number of aliphatic hydroxyl groups is 1. The average molecular weight is 302 g/mol. The van der Waals surface area contributed by atoms with E-state index in [0.717, 1.165) is 0 Å². The molecular formula is C11H14N2O6S. The van der Waals surface area contributed by atoms with Gasteiger partial charge in [-0.05, 0) is 5.56 Å². The SMILES string of the molecule is O=C(CO)NC(C(=O)NCS(=O)(=O)O)c1ccccc1. The average Bonchev–Trinajstić information content (AvgIpc) is 2.42. The maximum atomic E-state index is 11.9. The molecule has 0 saturated heterocycles. The Balaban J connectivity index is 2.87. The number of hydrogen-bond acceptors (Lipinski definition) is 5. The van der Waals surface area contributed by atoms with Crippen LogP contribution < -0.4 is 10.6 Å². The maximum absolute atomic E-state index is 11.9. The van der Waals surface area contributed by atoms with Crippen LogP contribution in [-0.4, -0.2) is 42.4 Å². The molecule has 0 aliphatic heterocycles. The second kappa shape index (κ2) is 6.98. The molecule has 0 saturated carbocycles. The summed E-state index contributed by atoms with van der Waals surface area (Å²) in [6.45, 7) is -0.811. The second-order valence-electron chi connectivity index (χ2n) is 3.84. The van der Waals surface area contributed by atoms with Gasteiger partial charge in [0.05, 0.1) is 0 Å². The van der Waals surface area contributed by atoms with Crippen molar-refractivity contribution in [3.05, 3.63) is 35.9 Å². The van der Waals surface area contributed by atoms with Gasteiger partial charge in [0.25, 0.3) is 10.1 Å². The summed E-state index contributed by atoms with van der Waals surface area (Å²) in [5.74, 6) is -2.58. The molecule has 1 aromatic carbocycles. The maximum Gasteiger partial charge on any atom is 0.283 e. The van der Waals surface area contributed by atoms with Gasteiger partial charge in [0.1, 0.15) is 18.5 Å². The molecule has 1 atom stereocenters. The van der Waals surface area contributed by atoms with Gasteiger partial charge in [-0.15, -0.1) is 0 Å². The third kappa shape index (κ3) is 5.34. The van der Waals surface area contributed by atoms with Gasteiger partial charge in [0.15, 0.2) is 0 Å². The smallest absolute Gasteiger partial charge is 0.283 e. The van der Waals surface area contributed by atoms with E-state index in [1.165, 1.54) is 0 Å². The zero-order valence-electron chi connectivity index (χ0n) is 10.3. The summed E-state index contributed by atoms with van der Waals surface area (Å²) in [5.41, 5.74) is 0.405. The zero-order chi connectivity index (χ0) is 15.2. The first kappa shape index (κ1) is 16.1. The second-order valence-corrected chi connectivity index (χ2v) is 5.29. The van der Waals surface area contributed by atoms with E-state index in [1.54, 1.807) is 30.3 Å². The van der Waals surface area contributed by atoms with Crippen molar-refractivity contribution in [1.82, 2.24) is 10.6 Å². The van der Waals surface area contributed by atoms with E-state index < -0.39 is 40.5 Å². The molecular weight excluding hydrogens is 288 g/mol. The fourth-order valence-electron chi connectivity index (χ4n) is 1.42. The first-order chi connectivity index (χ1) is 9.33. The molecule has 8 nitrogen and oxygen atoms in total. The molecule has 0 aliphatic carbocycles. The van der Waals surface area contributed by atoms with Crippen LogP contribution >= 0.6 is 0 Å². The minimum atomic E-state index is -4.36. The molecule has 4 N–H and O–H groups in total. The number of amides is 2. The summed E-state index contributed by atoms with van der Waals surface area (Å²) >= 11 is 0. The summed E-state index contributed by atoms with van der Waals surface area (Å²) in [6.07, 6.45) is 0. The lowest BCUT2D eigenvalue weighted by Gasteiger charge is -2.17. The van der Waals surface area contributed by atoms with Crippen molar-refractivity contribution in [1.29, 1.82) is 0 Å². The third-order valence-electron chi connectivity index (χ3n) is 2.27. The minimum Gasteiger partial charge on any atom is -0.387 e. The Labute approximate surface area is 115 Å². The van der Waals surface area contributed by atoms with E-state index >= 15 is 0 Å². The standard InChI is InChI=1S/C11H14N2O6S/c14-6-9(15)13-10(8-4-2-1-3-5-8)11(16)12-7-20(17,18)19/h1-5,10,14H,6-7H2,(H,12,16)(H,13,15)(H,17,18,19). The summed E-state index contributed by atoms with van der Waals surface area (Å²) in [6, 6.07) is 6.89. The van der Waals surface area contributed by atoms with Gasteiger partial charge < -0.3 is 15.7 Å². The Bertz CT molecular complexity index is 572. The van der Waals surface area contributed by atoms with E-state index in [1.807, 2.05) is 5.32 Å². The highest BCUT2D eigenvalue weighted by Gasteiger charge is 2.23. The van der Waals surface area contributed by atoms with Crippen LogP contribution in [-0.2, 0) is 19.7 Å². The van der Waals surface area contributed by atoms with Crippen molar-refractivity contribution in [2.45, 2.75) is 6.04 Å². The van der Waals surface area contributed by atoms with Crippen molar-refractivity contribution < 1.29 is 27.7 Å². The topological polar surface area (TPSA) is 133 Å². The summed E-state index contributed by atoms with van der Waals surface area (Å²) < 4.78 is 29.8. The van der Waals surface area contributed by atoms with E-state index in [4.69, 9.17) is 9.66 Å². The third-order valence-corrected chi connectivity index (χ3v) is 2.78. The fraction of sp³-hybridized carbons (Fsp3) is 0.273. The molecule has 20 heavy (non-hydrogen) atoms. The number of nitrogens with one attached hydrogen (secondary N) is 2. The van der Waals surface area contributed by atoms with Crippen LogP contribution in [0.3, 0.4) is 0 Å². The molecule has 0 aliphatic rings. The number of rotatable bonds is 6. The van der Waals surface area contributed by atoms with E-state index in [0.29, 0.717) is 5.56 Å². The minimum absolute atomic E-state index is 0.405. The number of aliphatic hydroxyl groups excluding tert-OH is 1. The van der Waals surface area contributed by atoms with Crippen LogP contribution in [0.1, 0.15) is 11.6 Å². The fourth-order valence-corrected chi connectivity index (χ4v) is 1.74. The summed E-state index contributed by atoms with van der Waals surface area (Å²) in [5, 5.41) is 12.9. The quantitative estimate of drug-likeness (QED) is 0.488. The lowest BCUT2D eigenvalue weighted by molar-refractivity contribution is -0.130. The molecule has 1 aromatic rings. The Morgan fingerprint density at radius 1 is 1.20 bits per heavy atom. The van der Waals surface area contributed by atoms with Gasteiger partial charge in [-0.3, -0.25) is 14.1 Å². The Hall–Kier alpha value is -1.97. The normalized spacial score (nSPS) is 12.5. The zero-order valence-corrected chi connectivity index (χ0v) is 11.1. The number of carbonyl (C=O) groups excluding carboxylic acids is 2. The lowest BCUT2D eigenvalue weighted by Crippen LogP contribution is -2.42. The Morgan fingerprint density at radius 3 is 2.30 bits per heavy atom. The van der Waals surface area contributed by atoms with Crippen molar-refractivity contribution in [2.75, 3.05) is 12.5 Å². The van der Waals surface area contributed by atoms with Crippen molar-refractivity contribution >= 4 is 21.9 Å². The van der Waals surface area contributed by atoms with Crippen molar-refractivity contribution in [3.63, 3.8) is 0 Å². The first-order valence-corrected chi connectivity index (χ1v) is 7.12. The summed E-state index contributed by atoms with van der Waals surface area (Å²) in [7, 11) is -4.36. The Morgan fingerprint density at radius 2 is 1.80 bits per heavy atom. The molecule has 0 radical (unpaired) electrons. The lowest BCUT2D eigenvalue weighted by atomic mass is 10.1. The van der Waals surface area contributed by atoms with Gasteiger partial charge in [-0.2, -0.15) is 8.42 Å². The molecule has 0 spiro atoms. The first-order valence-electron chi connectivity index (χ1n) is 5.51. The van der Waals surface area contributed by atoms with Crippen LogP contribution in [0.15, 0.2) is 30.3 Å². The molecule has 0 heterocycles. The molecule has 2 amide bonds. The van der Waals surface area contributed by atoms with E-state index in [-0.39, 0.29) is 0 Å². The van der Waals surface area contributed by atoms with Gasteiger partial charge in [-0.25, -0.2) is 0 Å². The highest BCUT2D eigenvalue weighted by Crippen LogP contribution is 2.12. The van der Waals surface area contributed by atoms with Crippen LogP contribution in [0.4, 0.5) is 0 Å². The molecule has 0 aromatic heterocycles. The summed E-state index contributed by atoms with van der Waals surface area (Å²) in [4.78, 5) is 23.1. The Kier molecular flexibility index (Phi) is 5.62. The van der Waals surface area contributed by atoms with Gasteiger partial charge in [0, 0.05) is 0 Å². The number of carbonyl (C=O) groups is 2. The molecule has 0 bridgehead atoms. The van der Waals surface area contributed by atoms with Gasteiger partial charge >= 0.3 is 0 Å².